The minimum Gasteiger partial charge on any atom is -0.508 e. The number of phenolic OH excluding ortho intramolecular Hbond substituents is 1. The van der Waals surface area contributed by atoms with Crippen LogP contribution in [-0.4, -0.2) is 65.6 Å². The Morgan fingerprint density at radius 1 is 1.05 bits per heavy atom. The Balaban J connectivity index is 1.13. The van der Waals surface area contributed by atoms with Gasteiger partial charge in [-0.05, 0) is 110 Å². The van der Waals surface area contributed by atoms with E-state index in [1.807, 2.05) is 36.4 Å². The largest absolute Gasteiger partial charge is 0.508 e. The van der Waals surface area contributed by atoms with Crippen molar-refractivity contribution in [2.45, 2.75) is 56.0 Å². The van der Waals surface area contributed by atoms with E-state index in [0.29, 0.717) is 40.5 Å². The molecule has 37 heavy (non-hydrogen) atoms. The number of likely N-dealkylation sites (tertiary alicyclic amines) is 2. The topological polar surface area (TPSA) is 55.8 Å². The van der Waals surface area contributed by atoms with Gasteiger partial charge >= 0.3 is 0 Å². The van der Waals surface area contributed by atoms with Crippen molar-refractivity contribution in [3.8, 4) is 5.75 Å². The first kappa shape index (κ1) is 21.6. The summed E-state index contributed by atoms with van der Waals surface area (Å²) >= 11 is 0. The van der Waals surface area contributed by atoms with Crippen LogP contribution in [0.1, 0.15) is 53.6 Å². The Kier molecular flexibility index (Phi) is 4.06. The molecule has 2 aromatic carbocycles. The number of nitrogens with zero attached hydrogens (tertiary/aromatic N) is 2. The van der Waals surface area contributed by atoms with Crippen molar-refractivity contribution in [2.75, 3.05) is 32.7 Å². The van der Waals surface area contributed by atoms with E-state index >= 15 is 0 Å². The Morgan fingerprint density at radius 3 is 2.73 bits per heavy atom. The van der Waals surface area contributed by atoms with E-state index in [9.17, 15) is 9.90 Å². The zero-order valence-corrected chi connectivity index (χ0v) is 21.5. The number of phenols is 1. The highest BCUT2D eigenvalue weighted by Crippen LogP contribution is 2.90. The van der Waals surface area contributed by atoms with Crippen molar-refractivity contribution >= 4 is 5.91 Å². The minimum absolute atomic E-state index is 0.142. The van der Waals surface area contributed by atoms with E-state index in [4.69, 9.17) is 0 Å². The fourth-order valence-corrected chi connectivity index (χ4v) is 12.0. The Morgan fingerprint density at radius 2 is 1.89 bits per heavy atom. The molecule has 0 aromatic heterocycles. The molecule has 192 valence electrons. The van der Waals surface area contributed by atoms with Crippen LogP contribution < -0.4 is 5.32 Å². The lowest BCUT2D eigenvalue weighted by atomic mass is 9.27. The van der Waals surface area contributed by atoms with Gasteiger partial charge in [0, 0.05) is 48.1 Å². The lowest BCUT2D eigenvalue weighted by Crippen LogP contribution is -2.91. The number of nitrogens with one attached hydrogen (secondary N) is 1. The number of benzene rings is 2. The monoisotopic (exact) mass is 495 g/mol. The summed E-state index contributed by atoms with van der Waals surface area (Å²) in [6, 6.07) is 17.2. The molecule has 4 aliphatic carbocycles. The zero-order valence-electron chi connectivity index (χ0n) is 21.5. The Labute approximate surface area is 219 Å². The van der Waals surface area contributed by atoms with Crippen molar-refractivity contribution in [3.63, 3.8) is 0 Å². The maximum atomic E-state index is 13.8. The molecule has 5 unspecified atom stereocenters. The molecule has 3 saturated carbocycles. The molecule has 3 saturated heterocycles. The maximum absolute atomic E-state index is 13.8. The summed E-state index contributed by atoms with van der Waals surface area (Å²) in [5.74, 6) is 2.59. The summed E-state index contributed by atoms with van der Waals surface area (Å²) in [5, 5.41) is 14.2. The molecule has 2 spiro atoms. The molecule has 5 nitrogen and oxygen atoms in total. The highest BCUT2D eigenvalue weighted by molar-refractivity contribution is 5.94. The van der Waals surface area contributed by atoms with Crippen molar-refractivity contribution in [1.29, 1.82) is 0 Å². The zero-order chi connectivity index (χ0) is 24.6. The second-order valence-corrected chi connectivity index (χ2v) is 13.6. The van der Waals surface area contributed by atoms with Gasteiger partial charge in [-0.1, -0.05) is 24.3 Å². The van der Waals surface area contributed by atoms with Gasteiger partial charge in [0.05, 0.1) is 0 Å². The van der Waals surface area contributed by atoms with Gasteiger partial charge in [0.1, 0.15) is 5.75 Å². The number of hydrogen-bond donors (Lipinski definition) is 2. The SMILES string of the molecule is O=C(c1ccccc1)N1C[C@H]2CC34CCC1[C@@H]2C31c2cc(O)ccc2CC12CN(CC1CCNCC1)C42. The van der Waals surface area contributed by atoms with Crippen molar-refractivity contribution in [3.05, 3.63) is 65.2 Å². The first-order valence-corrected chi connectivity index (χ1v) is 14.7. The summed E-state index contributed by atoms with van der Waals surface area (Å²) in [6.07, 6.45) is 7.42. The molecule has 6 fully saturated rings. The van der Waals surface area contributed by atoms with Crippen molar-refractivity contribution < 1.29 is 9.90 Å². The third kappa shape index (κ3) is 2.27. The Hall–Kier alpha value is -2.37. The quantitative estimate of drug-likeness (QED) is 0.680. The second-order valence-electron chi connectivity index (χ2n) is 13.6. The number of amides is 1. The second kappa shape index (κ2) is 6.98. The molecular formula is C32H37N3O2. The lowest BCUT2D eigenvalue weighted by molar-refractivity contribution is -0.324. The average Bonchev–Trinajstić information content (AvgIpc) is 3.43. The minimum atomic E-state index is 0.142. The molecule has 3 aliphatic heterocycles. The number of hydrogen-bond acceptors (Lipinski definition) is 4. The molecule has 9 rings (SSSR count). The molecule has 7 aliphatic rings. The molecule has 0 radical (unpaired) electrons. The van der Waals surface area contributed by atoms with Crippen LogP contribution in [0.4, 0.5) is 0 Å². The molecule has 2 aromatic rings. The van der Waals surface area contributed by atoms with Crippen molar-refractivity contribution in [1.82, 2.24) is 15.1 Å². The molecule has 5 heteroatoms. The van der Waals surface area contributed by atoms with Gasteiger partial charge < -0.3 is 15.3 Å². The molecule has 2 N–H and O–H groups in total. The number of carbonyl (C=O) groups excluding carboxylic acids is 1. The number of aromatic hydroxyl groups is 1. The maximum Gasteiger partial charge on any atom is 0.254 e. The standard InChI is InChI=1S/C32H37N3O2/c36-24-7-6-22-15-31-19-34(17-20-9-12-33-13-10-20)29(31)30-11-8-26-27(32(30,31)25(22)14-24)23(16-30)18-35(26)28(37)21-4-2-1-3-5-21/h1-7,14,20,23,26-27,29,33,36H,8-13,15-19H2/t23-,26?,27-,29?,30?,31?,32?/m1/s1. The number of carbonyl (C=O) groups is 1. The summed E-state index contributed by atoms with van der Waals surface area (Å²) in [7, 11) is 0. The third-order valence-corrected chi connectivity index (χ3v) is 12.5. The van der Waals surface area contributed by atoms with Gasteiger partial charge in [0.15, 0.2) is 0 Å². The lowest BCUT2D eigenvalue weighted by Gasteiger charge is -2.84. The van der Waals surface area contributed by atoms with Gasteiger partial charge in [-0.2, -0.15) is 0 Å². The molecule has 2 bridgehead atoms. The van der Waals surface area contributed by atoms with E-state index in [1.54, 1.807) is 0 Å². The smallest absolute Gasteiger partial charge is 0.254 e. The summed E-state index contributed by atoms with van der Waals surface area (Å²) in [4.78, 5) is 18.9. The number of rotatable bonds is 3. The number of piperidine rings is 2. The summed E-state index contributed by atoms with van der Waals surface area (Å²) in [5.41, 5.74) is 4.56. The van der Waals surface area contributed by atoms with Gasteiger partial charge in [-0.15, -0.1) is 0 Å². The van der Waals surface area contributed by atoms with Crippen LogP contribution in [-0.2, 0) is 11.8 Å². The van der Waals surface area contributed by atoms with E-state index in [1.165, 1.54) is 69.4 Å². The predicted molar refractivity (Wildman–Crippen MR) is 141 cm³/mol. The van der Waals surface area contributed by atoms with E-state index in [0.717, 1.165) is 24.4 Å². The highest BCUT2D eigenvalue weighted by atomic mass is 16.3. The predicted octanol–water partition coefficient (Wildman–Crippen LogP) is 3.81. The van der Waals surface area contributed by atoms with Crippen LogP contribution in [0.3, 0.4) is 0 Å². The highest BCUT2D eigenvalue weighted by Gasteiger charge is 2.93. The van der Waals surface area contributed by atoms with Crippen LogP contribution in [0.15, 0.2) is 48.5 Å². The fourth-order valence-electron chi connectivity index (χ4n) is 12.0. The summed E-state index contributed by atoms with van der Waals surface area (Å²) in [6.45, 7) is 5.74. The van der Waals surface area contributed by atoms with Gasteiger partial charge in [0.25, 0.3) is 5.91 Å². The third-order valence-electron chi connectivity index (χ3n) is 12.5. The molecular weight excluding hydrogens is 458 g/mol. The van der Waals surface area contributed by atoms with Gasteiger partial charge in [-0.3, -0.25) is 9.69 Å². The summed E-state index contributed by atoms with van der Waals surface area (Å²) < 4.78 is 0. The normalized spacial score (nSPS) is 42.9. The van der Waals surface area contributed by atoms with Crippen LogP contribution >= 0.6 is 0 Å². The molecule has 7 atom stereocenters. The van der Waals surface area contributed by atoms with E-state index in [-0.39, 0.29) is 11.3 Å². The van der Waals surface area contributed by atoms with E-state index in [2.05, 4.69) is 27.2 Å². The molecule has 1 amide bonds. The van der Waals surface area contributed by atoms with Crippen LogP contribution in [0.2, 0.25) is 0 Å². The Bertz CT molecular complexity index is 1310. The number of fused-ring (bicyclic) bond motifs is 1. The fraction of sp³-hybridized carbons (Fsp3) is 0.594. The van der Waals surface area contributed by atoms with Crippen LogP contribution in [0.5, 0.6) is 5.75 Å². The first-order valence-electron chi connectivity index (χ1n) is 14.7. The van der Waals surface area contributed by atoms with Crippen molar-refractivity contribution in [2.24, 2.45) is 28.6 Å². The van der Waals surface area contributed by atoms with Crippen LogP contribution in [0.25, 0.3) is 0 Å². The first-order chi connectivity index (χ1) is 18.1. The van der Waals surface area contributed by atoms with E-state index < -0.39 is 0 Å². The van der Waals surface area contributed by atoms with Gasteiger partial charge in [-0.25, -0.2) is 0 Å². The molecule has 3 heterocycles. The average molecular weight is 496 g/mol. The van der Waals surface area contributed by atoms with Crippen LogP contribution in [0, 0.1) is 28.6 Å². The van der Waals surface area contributed by atoms with Gasteiger partial charge in [0.2, 0.25) is 0 Å².